The molecule has 0 atom stereocenters. The highest BCUT2D eigenvalue weighted by Crippen LogP contribution is 2.23. The minimum absolute atomic E-state index is 0.0451. The first-order chi connectivity index (χ1) is 8.47. The second-order valence-corrected chi connectivity index (χ2v) is 4.61. The normalized spacial score (nSPS) is 10.2. The SMILES string of the molecule is CNCCN(C)C(=O)c1ccc([N+](=O)[O-])cc1Br. The molecule has 0 radical (unpaired) electrons. The second-order valence-electron chi connectivity index (χ2n) is 3.75. The number of likely N-dealkylation sites (N-methyl/N-ethyl adjacent to an activating group) is 2. The lowest BCUT2D eigenvalue weighted by molar-refractivity contribution is -0.384. The van der Waals surface area contributed by atoms with E-state index in [4.69, 9.17) is 0 Å². The summed E-state index contributed by atoms with van der Waals surface area (Å²) >= 11 is 3.18. The molecule has 1 amide bonds. The standard InChI is InChI=1S/C11H14BrN3O3/c1-13-5-6-14(2)11(16)9-4-3-8(15(17)18)7-10(9)12/h3-4,7,13H,5-6H2,1-2H3. The van der Waals surface area contributed by atoms with E-state index >= 15 is 0 Å². The van der Waals surface area contributed by atoms with E-state index < -0.39 is 4.92 Å². The molecule has 0 bridgehead atoms. The molecule has 0 spiro atoms. The summed E-state index contributed by atoms with van der Waals surface area (Å²) in [4.78, 5) is 23.7. The Balaban J connectivity index is 2.89. The van der Waals surface area contributed by atoms with Gasteiger partial charge in [0.25, 0.3) is 11.6 Å². The molecular weight excluding hydrogens is 302 g/mol. The molecule has 0 aromatic heterocycles. The van der Waals surface area contributed by atoms with Crippen LogP contribution in [0.5, 0.6) is 0 Å². The van der Waals surface area contributed by atoms with Gasteiger partial charge in [-0.05, 0) is 29.0 Å². The first kappa shape index (κ1) is 14.6. The predicted molar refractivity (Wildman–Crippen MR) is 71.7 cm³/mol. The van der Waals surface area contributed by atoms with Crippen LogP contribution in [0.25, 0.3) is 0 Å². The van der Waals surface area contributed by atoms with E-state index in [0.717, 1.165) is 0 Å². The zero-order chi connectivity index (χ0) is 13.7. The molecule has 0 heterocycles. The van der Waals surface area contributed by atoms with Crippen LogP contribution in [0.15, 0.2) is 22.7 Å². The van der Waals surface area contributed by atoms with Crippen LogP contribution in [-0.4, -0.2) is 42.9 Å². The molecule has 1 aromatic rings. The van der Waals surface area contributed by atoms with Crippen LogP contribution < -0.4 is 5.32 Å². The van der Waals surface area contributed by atoms with Crippen molar-refractivity contribution in [1.29, 1.82) is 0 Å². The molecule has 0 unspecified atom stereocenters. The predicted octanol–water partition coefficient (Wildman–Crippen LogP) is 1.65. The fourth-order valence-electron chi connectivity index (χ4n) is 1.38. The topological polar surface area (TPSA) is 75.5 Å². The van der Waals surface area contributed by atoms with Crippen LogP contribution in [0.1, 0.15) is 10.4 Å². The van der Waals surface area contributed by atoms with Crippen molar-refractivity contribution in [2.24, 2.45) is 0 Å². The third-order valence-corrected chi connectivity index (χ3v) is 3.09. The molecule has 0 saturated carbocycles. The third-order valence-electron chi connectivity index (χ3n) is 2.44. The zero-order valence-electron chi connectivity index (χ0n) is 10.1. The Morgan fingerprint density at radius 2 is 2.22 bits per heavy atom. The van der Waals surface area contributed by atoms with Crippen molar-refractivity contribution in [3.8, 4) is 0 Å². The maximum absolute atomic E-state index is 12.1. The molecule has 18 heavy (non-hydrogen) atoms. The van der Waals surface area contributed by atoms with Gasteiger partial charge in [0.15, 0.2) is 0 Å². The summed E-state index contributed by atoms with van der Waals surface area (Å²) in [5.41, 5.74) is 0.371. The number of nitro groups is 1. The molecule has 1 N–H and O–H groups in total. The summed E-state index contributed by atoms with van der Waals surface area (Å²) in [6.07, 6.45) is 0. The average Bonchev–Trinajstić information content (AvgIpc) is 2.34. The van der Waals surface area contributed by atoms with Crippen molar-refractivity contribution in [2.45, 2.75) is 0 Å². The van der Waals surface area contributed by atoms with Gasteiger partial charge < -0.3 is 10.2 Å². The number of hydrogen-bond acceptors (Lipinski definition) is 4. The molecule has 6 nitrogen and oxygen atoms in total. The van der Waals surface area contributed by atoms with Gasteiger partial charge in [-0.2, -0.15) is 0 Å². The van der Waals surface area contributed by atoms with Crippen LogP contribution in [0.3, 0.4) is 0 Å². The van der Waals surface area contributed by atoms with E-state index in [9.17, 15) is 14.9 Å². The number of nitrogens with zero attached hydrogens (tertiary/aromatic N) is 2. The summed E-state index contributed by atoms with van der Waals surface area (Å²) in [7, 11) is 3.49. The minimum atomic E-state index is -0.496. The van der Waals surface area contributed by atoms with Crippen LogP contribution >= 0.6 is 15.9 Å². The van der Waals surface area contributed by atoms with E-state index in [2.05, 4.69) is 21.2 Å². The summed E-state index contributed by atoms with van der Waals surface area (Å²) in [5, 5.41) is 13.5. The van der Waals surface area contributed by atoms with Gasteiger partial charge in [0.2, 0.25) is 0 Å². The Kier molecular flexibility index (Phi) is 5.24. The van der Waals surface area contributed by atoms with Gasteiger partial charge in [-0.3, -0.25) is 14.9 Å². The number of nitro benzene ring substituents is 1. The maximum Gasteiger partial charge on any atom is 0.270 e. The van der Waals surface area contributed by atoms with Gasteiger partial charge >= 0.3 is 0 Å². The van der Waals surface area contributed by atoms with Gasteiger partial charge in [0, 0.05) is 36.7 Å². The average molecular weight is 316 g/mol. The van der Waals surface area contributed by atoms with Gasteiger partial charge in [0.05, 0.1) is 10.5 Å². The molecule has 0 aliphatic rings. The van der Waals surface area contributed by atoms with E-state index in [-0.39, 0.29) is 11.6 Å². The number of halogens is 1. The molecule has 98 valence electrons. The molecular formula is C11H14BrN3O3. The van der Waals surface area contributed by atoms with Crippen molar-refractivity contribution in [3.05, 3.63) is 38.3 Å². The van der Waals surface area contributed by atoms with Crippen LogP contribution in [0.2, 0.25) is 0 Å². The van der Waals surface area contributed by atoms with Crippen LogP contribution in [0.4, 0.5) is 5.69 Å². The first-order valence-electron chi connectivity index (χ1n) is 5.31. The number of amides is 1. The fourth-order valence-corrected chi connectivity index (χ4v) is 1.91. The number of rotatable bonds is 5. The number of nitrogens with one attached hydrogen (secondary N) is 1. The minimum Gasteiger partial charge on any atom is -0.340 e. The lowest BCUT2D eigenvalue weighted by Gasteiger charge is -2.17. The van der Waals surface area contributed by atoms with E-state index in [0.29, 0.717) is 23.1 Å². The number of carbonyl (C=O) groups is 1. The number of hydrogen-bond donors (Lipinski definition) is 1. The van der Waals surface area contributed by atoms with Crippen molar-refractivity contribution < 1.29 is 9.72 Å². The molecule has 1 aromatic carbocycles. The van der Waals surface area contributed by atoms with Gasteiger partial charge in [-0.1, -0.05) is 0 Å². The number of benzene rings is 1. The van der Waals surface area contributed by atoms with Crippen LogP contribution in [0, 0.1) is 10.1 Å². The van der Waals surface area contributed by atoms with Crippen LogP contribution in [-0.2, 0) is 0 Å². The summed E-state index contributed by atoms with van der Waals surface area (Å²) in [5.74, 6) is -0.174. The van der Waals surface area contributed by atoms with E-state index in [1.165, 1.54) is 18.2 Å². The van der Waals surface area contributed by atoms with E-state index in [1.54, 1.807) is 19.0 Å². The Morgan fingerprint density at radius 3 is 2.72 bits per heavy atom. The smallest absolute Gasteiger partial charge is 0.270 e. The number of non-ortho nitro benzene ring substituents is 1. The quantitative estimate of drug-likeness (QED) is 0.662. The molecule has 0 aliphatic heterocycles. The van der Waals surface area contributed by atoms with Gasteiger partial charge in [-0.25, -0.2) is 0 Å². The third kappa shape index (κ3) is 3.51. The lowest BCUT2D eigenvalue weighted by atomic mass is 10.2. The first-order valence-corrected chi connectivity index (χ1v) is 6.10. The Hall–Kier alpha value is -1.47. The molecule has 0 fully saturated rings. The largest absolute Gasteiger partial charge is 0.340 e. The van der Waals surface area contributed by atoms with Crippen molar-refractivity contribution in [2.75, 3.05) is 27.2 Å². The molecule has 0 saturated heterocycles. The highest BCUT2D eigenvalue weighted by atomic mass is 79.9. The highest BCUT2D eigenvalue weighted by Gasteiger charge is 2.17. The van der Waals surface area contributed by atoms with Crippen molar-refractivity contribution in [1.82, 2.24) is 10.2 Å². The summed E-state index contributed by atoms with van der Waals surface area (Å²) in [6, 6.07) is 4.11. The highest BCUT2D eigenvalue weighted by molar-refractivity contribution is 9.10. The van der Waals surface area contributed by atoms with Gasteiger partial charge in [-0.15, -0.1) is 0 Å². The Bertz CT molecular complexity index is 465. The zero-order valence-corrected chi connectivity index (χ0v) is 11.7. The fraction of sp³-hybridized carbons (Fsp3) is 0.364. The molecule has 7 heteroatoms. The maximum atomic E-state index is 12.1. The Labute approximate surface area is 113 Å². The Morgan fingerprint density at radius 1 is 1.56 bits per heavy atom. The monoisotopic (exact) mass is 315 g/mol. The van der Waals surface area contributed by atoms with Gasteiger partial charge in [0.1, 0.15) is 0 Å². The molecule has 1 rings (SSSR count). The summed E-state index contributed by atoms with van der Waals surface area (Å²) in [6.45, 7) is 1.26. The summed E-state index contributed by atoms with van der Waals surface area (Å²) < 4.78 is 0.429. The molecule has 0 aliphatic carbocycles. The second kappa shape index (κ2) is 6.46. The number of carbonyl (C=O) groups excluding carboxylic acids is 1. The van der Waals surface area contributed by atoms with E-state index in [1.807, 2.05) is 0 Å². The lowest BCUT2D eigenvalue weighted by Crippen LogP contribution is -2.32. The van der Waals surface area contributed by atoms with Crippen molar-refractivity contribution in [3.63, 3.8) is 0 Å². The van der Waals surface area contributed by atoms with Crippen molar-refractivity contribution >= 4 is 27.5 Å².